The maximum atomic E-state index is 9.69. The number of aliphatic hydroxyl groups excluding tert-OH is 1. The number of aliphatic hydroxyl groups is 1. The maximum Gasteiger partial charge on any atom is 0.119 e. The zero-order valence-corrected chi connectivity index (χ0v) is 12.0. The zero-order valence-electron chi connectivity index (χ0n) is 12.0. The van der Waals surface area contributed by atoms with Gasteiger partial charge in [0, 0.05) is 4.91 Å². The minimum Gasteiger partial charge on any atom is -0.494 e. The van der Waals surface area contributed by atoms with Crippen molar-refractivity contribution in [3.63, 3.8) is 0 Å². The van der Waals surface area contributed by atoms with Crippen LogP contribution in [0.5, 0.6) is 5.75 Å². The summed E-state index contributed by atoms with van der Waals surface area (Å²) in [4.78, 5) is 2.64. The molecule has 0 unspecified atom stereocenters. The molecule has 1 N–H and O–H groups in total. The van der Waals surface area contributed by atoms with Crippen LogP contribution in [0.1, 0.15) is 38.2 Å². The summed E-state index contributed by atoms with van der Waals surface area (Å²) in [7, 11) is 0. The van der Waals surface area contributed by atoms with Crippen LogP contribution in [0.2, 0.25) is 0 Å². The lowest BCUT2D eigenvalue weighted by atomic mass is 10.1. The van der Waals surface area contributed by atoms with Crippen LogP contribution >= 0.6 is 0 Å². The van der Waals surface area contributed by atoms with Crippen molar-refractivity contribution in [3.05, 3.63) is 40.3 Å². The molecule has 1 aromatic rings. The molecule has 0 aliphatic heterocycles. The Balaban J connectivity index is 2.38. The first-order valence-electron chi connectivity index (χ1n) is 7.17. The smallest absolute Gasteiger partial charge is 0.119 e. The summed E-state index contributed by atoms with van der Waals surface area (Å²) in [5.41, 5.74) is 9.19. The van der Waals surface area contributed by atoms with Crippen molar-refractivity contribution in [1.82, 2.24) is 0 Å². The van der Waals surface area contributed by atoms with Crippen molar-refractivity contribution in [2.24, 2.45) is 5.11 Å². The second-order valence-corrected chi connectivity index (χ2v) is 4.83. The van der Waals surface area contributed by atoms with Crippen molar-refractivity contribution >= 4 is 0 Å². The summed E-state index contributed by atoms with van der Waals surface area (Å²) >= 11 is 0. The molecule has 0 saturated heterocycles. The molecular weight excluding hydrogens is 254 g/mol. The zero-order chi connectivity index (χ0) is 14.6. The second kappa shape index (κ2) is 10.1. The Morgan fingerprint density at radius 1 is 1.35 bits per heavy atom. The van der Waals surface area contributed by atoms with Gasteiger partial charge in [-0.25, -0.2) is 0 Å². The molecule has 0 spiro atoms. The Labute approximate surface area is 120 Å². The van der Waals surface area contributed by atoms with Crippen molar-refractivity contribution in [3.8, 4) is 5.75 Å². The van der Waals surface area contributed by atoms with Gasteiger partial charge in [0.1, 0.15) is 5.75 Å². The van der Waals surface area contributed by atoms with E-state index < -0.39 is 6.10 Å². The quantitative estimate of drug-likeness (QED) is 0.305. The number of benzene rings is 1. The number of ether oxygens (including phenoxy) is 1. The predicted octanol–water partition coefficient (Wildman–Crippen LogP) is 3.86. The van der Waals surface area contributed by atoms with E-state index in [1.54, 1.807) is 0 Å². The molecule has 5 nitrogen and oxygen atoms in total. The third-order valence-electron chi connectivity index (χ3n) is 2.99. The van der Waals surface area contributed by atoms with E-state index in [0.717, 1.165) is 24.3 Å². The summed E-state index contributed by atoms with van der Waals surface area (Å²) < 4.78 is 5.69. The van der Waals surface area contributed by atoms with Crippen LogP contribution in [-0.2, 0) is 6.42 Å². The van der Waals surface area contributed by atoms with E-state index in [-0.39, 0.29) is 6.54 Å². The third-order valence-corrected chi connectivity index (χ3v) is 2.99. The molecule has 1 aromatic carbocycles. The first-order valence-corrected chi connectivity index (χ1v) is 7.17. The van der Waals surface area contributed by atoms with Gasteiger partial charge < -0.3 is 9.84 Å². The van der Waals surface area contributed by atoms with E-state index in [9.17, 15) is 5.11 Å². The van der Waals surface area contributed by atoms with Crippen LogP contribution in [0.25, 0.3) is 10.4 Å². The van der Waals surface area contributed by atoms with Crippen molar-refractivity contribution in [2.75, 3.05) is 13.2 Å². The van der Waals surface area contributed by atoms with Gasteiger partial charge in [0.15, 0.2) is 0 Å². The molecule has 110 valence electrons. The van der Waals surface area contributed by atoms with Crippen LogP contribution in [-0.4, -0.2) is 24.4 Å². The molecule has 0 radical (unpaired) electrons. The van der Waals surface area contributed by atoms with E-state index in [1.165, 1.54) is 19.3 Å². The molecule has 1 rings (SSSR count). The first-order chi connectivity index (χ1) is 9.76. The number of azide groups is 1. The topological polar surface area (TPSA) is 78.2 Å². The monoisotopic (exact) mass is 277 g/mol. The molecule has 0 aromatic heterocycles. The Kier molecular flexibility index (Phi) is 8.27. The van der Waals surface area contributed by atoms with E-state index in [2.05, 4.69) is 16.9 Å². The highest BCUT2D eigenvalue weighted by atomic mass is 16.5. The number of hydrogen-bond donors (Lipinski definition) is 1. The standard InChI is InChI=1S/C15H23N3O2/c1-2-3-4-5-9-20-15-8-6-7-13(11-15)10-14(19)12-17-18-16/h6-8,11,14,19H,2-5,9-10,12H2,1H3/t14-/m0/s1. The number of nitrogens with zero attached hydrogens (tertiary/aromatic N) is 3. The van der Waals surface area contributed by atoms with Gasteiger partial charge in [0.25, 0.3) is 0 Å². The van der Waals surface area contributed by atoms with E-state index in [0.29, 0.717) is 6.42 Å². The molecule has 0 amide bonds. The molecule has 0 aliphatic carbocycles. The normalized spacial score (nSPS) is 11.7. The molecule has 0 heterocycles. The summed E-state index contributed by atoms with van der Waals surface area (Å²) in [6, 6.07) is 7.70. The fraction of sp³-hybridized carbons (Fsp3) is 0.600. The largest absolute Gasteiger partial charge is 0.494 e. The molecule has 1 atom stereocenters. The Bertz CT molecular complexity index is 431. The Morgan fingerprint density at radius 2 is 2.20 bits per heavy atom. The van der Waals surface area contributed by atoms with Crippen molar-refractivity contribution < 1.29 is 9.84 Å². The average molecular weight is 277 g/mol. The molecule has 20 heavy (non-hydrogen) atoms. The predicted molar refractivity (Wildman–Crippen MR) is 79.8 cm³/mol. The van der Waals surface area contributed by atoms with Crippen LogP contribution in [0, 0.1) is 0 Å². The van der Waals surface area contributed by atoms with Crippen LogP contribution in [0.4, 0.5) is 0 Å². The van der Waals surface area contributed by atoms with Gasteiger partial charge in [0.2, 0.25) is 0 Å². The highest BCUT2D eigenvalue weighted by Crippen LogP contribution is 2.15. The van der Waals surface area contributed by atoms with E-state index in [4.69, 9.17) is 10.3 Å². The first kappa shape index (κ1) is 16.3. The van der Waals surface area contributed by atoms with Gasteiger partial charge in [-0.05, 0) is 36.1 Å². The van der Waals surface area contributed by atoms with Crippen LogP contribution in [0.3, 0.4) is 0 Å². The molecule has 5 heteroatoms. The van der Waals surface area contributed by atoms with Crippen LogP contribution in [0.15, 0.2) is 29.4 Å². The molecule has 0 saturated carbocycles. The fourth-order valence-electron chi connectivity index (χ4n) is 1.95. The van der Waals surface area contributed by atoms with Gasteiger partial charge in [-0.3, -0.25) is 0 Å². The average Bonchev–Trinajstić information content (AvgIpc) is 2.45. The molecule has 0 aliphatic rings. The summed E-state index contributed by atoms with van der Waals surface area (Å²) in [6.45, 7) is 3.01. The maximum absolute atomic E-state index is 9.69. The Hall–Kier alpha value is -1.71. The third kappa shape index (κ3) is 7.02. The van der Waals surface area contributed by atoms with E-state index in [1.807, 2.05) is 24.3 Å². The second-order valence-electron chi connectivity index (χ2n) is 4.83. The number of unbranched alkanes of at least 4 members (excludes halogenated alkanes) is 3. The summed E-state index contributed by atoms with van der Waals surface area (Å²) in [6.07, 6.45) is 4.55. The van der Waals surface area contributed by atoms with Gasteiger partial charge in [-0.1, -0.05) is 43.4 Å². The molecular formula is C15H23N3O2. The molecule has 0 bridgehead atoms. The van der Waals surface area contributed by atoms with Gasteiger partial charge in [-0.15, -0.1) is 0 Å². The van der Waals surface area contributed by atoms with Crippen LogP contribution < -0.4 is 4.74 Å². The highest BCUT2D eigenvalue weighted by molar-refractivity contribution is 5.28. The van der Waals surface area contributed by atoms with Crippen molar-refractivity contribution in [2.45, 2.75) is 45.1 Å². The number of hydrogen-bond acceptors (Lipinski definition) is 3. The lowest BCUT2D eigenvalue weighted by Gasteiger charge is -2.10. The van der Waals surface area contributed by atoms with Gasteiger partial charge in [-0.2, -0.15) is 0 Å². The summed E-state index contributed by atoms with van der Waals surface area (Å²) in [5.74, 6) is 0.829. The Morgan fingerprint density at radius 3 is 2.95 bits per heavy atom. The van der Waals surface area contributed by atoms with Gasteiger partial charge in [0.05, 0.1) is 19.3 Å². The minimum absolute atomic E-state index is 0.0958. The lowest BCUT2D eigenvalue weighted by Crippen LogP contribution is -2.13. The van der Waals surface area contributed by atoms with E-state index >= 15 is 0 Å². The summed E-state index contributed by atoms with van der Waals surface area (Å²) in [5, 5.41) is 13.1. The van der Waals surface area contributed by atoms with Gasteiger partial charge >= 0.3 is 0 Å². The SMILES string of the molecule is CCCCCCOc1cccc(C[C@H](O)CN=[N+]=[N-])c1. The minimum atomic E-state index is -0.647. The number of rotatable bonds is 10. The highest BCUT2D eigenvalue weighted by Gasteiger charge is 2.05. The molecule has 0 fully saturated rings. The lowest BCUT2D eigenvalue weighted by molar-refractivity contribution is 0.183. The van der Waals surface area contributed by atoms with Crippen molar-refractivity contribution in [1.29, 1.82) is 0 Å². The fourth-order valence-corrected chi connectivity index (χ4v) is 1.95.